The number of rotatable bonds is 10. The molecule has 0 saturated heterocycles. The van der Waals surface area contributed by atoms with Crippen LogP contribution in [0.15, 0.2) is 94.7 Å². The highest BCUT2D eigenvalue weighted by molar-refractivity contribution is 8.14. The summed E-state index contributed by atoms with van der Waals surface area (Å²) in [7, 11) is 9.98. The van der Waals surface area contributed by atoms with Crippen LogP contribution >= 0.6 is 44.0 Å². The molecule has 252 valence electrons. The van der Waals surface area contributed by atoms with Gasteiger partial charge in [0.25, 0.3) is 18.1 Å². The topological polar surface area (TPSA) is 105 Å². The average molecular weight is 766 g/mol. The van der Waals surface area contributed by atoms with Crippen molar-refractivity contribution in [1.29, 1.82) is 0 Å². The first-order chi connectivity index (χ1) is 22.9. The summed E-state index contributed by atoms with van der Waals surface area (Å²) in [6.07, 6.45) is 0.891. The molecule has 0 radical (unpaired) electrons. The lowest BCUT2D eigenvalue weighted by Gasteiger charge is -2.09. The first-order valence-corrected chi connectivity index (χ1v) is 20.4. The molecule has 0 spiro atoms. The Bertz CT molecular complexity index is 2150. The Morgan fingerprint density at radius 3 is 1.21 bits per heavy atom. The second-order valence-electron chi connectivity index (χ2n) is 10.3. The van der Waals surface area contributed by atoms with E-state index in [1.54, 1.807) is 64.8 Å². The molecule has 0 fully saturated rings. The Labute approximate surface area is 296 Å². The smallest absolute Gasteiger partial charge is 0.263 e. The molecule has 4 aromatic carbocycles. The van der Waals surface area contributed by atoms with Gasteiger partial charge in [-0.15, -0.1) is 22.7 Å². The van der Waals surface area contributed by atoms with Gasteiger partial charge in [0.2, 0.25) is 0 Å². The number of benzene rings is 4. The van der Waals surface area contributed by atoms with Crippen LogP contribution in [-0.4, -0.2) is 45.3 Å². The van der Waals surface area contributed by atoms with Gasteiger partial charge in [-0.3, -0.25) is 0 Å². The summed E-state index contributed by atoms with van der Waals surface area (Å²) in [6, 6.07) is 25.8. The molecule has 2 heterocycles. The van der Waals surface area contributed by atoms with Gasteiger partial charge in [0, 0.05) is 64.1 Å². The van der Waals surface area contributed by atoms with Gasteiger partial charge in [-0.2, -0.15) is 0 Å². The van der Waals surface area contributed by atoms with Crippen LogP contribution in [0.3, 0.4) is 0 Å². The largest absolute Gasteiger partial charge is 0.493 e. The van der Waals surface area contributed by atoms with Gasteiger partial charge in [-0.25, -0.2) is 16.8 Å². The van der Waals surface area contributed by atoms with Gasteiger partial charge in [-0.1, -0.05) is 48.5 Å². The molecule has 0 N–H and O–H groups in total. The third-order valence-electron chi connectivity index (χ3n) is 7.35. The summed E-state index contributed by atoms with van der Waals surface area (Å²) in [5.41, 5.74) is 1.83. The van der Waals surface area contributed by atoms with E-state index in [1.165, 1.54) is 22.7 Å². The lowest BCUT2D eigenvalue weighted by atomic mass is 10.1. The van der Waals surface area contributed by atoms with Crippen LogP contribution in [0.5, 0.6) is 23.0 Å². The minimum absolute atomic E-state index is 0.194. The molecule has 8 nitrogen and oxygen atoms in total. The van der Waals surface area contributed by atoms with Crippen molar-refractivity contribution in [2.75, 3.05) is 28.4 Å². The number of ether oxygens (including phenoxy) is 4. The van der Waals surface area contributed by atoms with E-state index in [0.717, 1.165) is 20.5 Å². The standard InChI is InChI=1S/2C17H15ClO4S2/c2*1-21-13-8-7-11(9-14(13)22-2)10-16-17(24(18,19)20)12-5-3-4-6-15(12)23-16/h2*3-9H,10H2,1-2H3. The Kier molecular flexibility index (Phi) is 11.1. The summed E-state index contributed by atoms with van der Waals surface area (Å²) in [4.78, 5) is 1.80. The summed E-state index contributed by atoms with van der Waals surface area (Å²) in [5, 5.41) is 1.32. The molecule has 2 aromatic heterocycles. The van der Waals surface area contributed by atoms with Gasteiger partial charge >= 0.3 is 0 Å². The molecule has 48 heavy (non-hydrogen) atoms. The highest BCUT2D eigenvalue weighted by Crippen LogP contribution is 2.40. The van der Waals surface area contributed by atoms with E-state index in [2.05, 4.69) is 0 Å². The zero-order valence-corrected chi connectivity index (χ0v) is 30.9. The third-order valence-corrected chi connectivity index (χ3v) is 12.8. The fourth-order valence-corrected chi connectivity index (χ4v) is 11.5. The van der Waals surface area contributed by atoms with Crippen molar-refractivity contribution in [3.63, 3.8) is 0 Å². The lowest BCUT2D eigenvalue weighted by Crippen LogP contribution is -1.97. The van der Waals surface area contributed by atoms with Crippen LogP contribution in [0.1, 0.15) is 20.9 Å². The molecular formula is C34H30Cl2O8S4. The minimum Gasteiger partial charge on any atom is -0.493 e. The van der Waals surface area contributed by atoms with Crippen molar-refractivity contribution >= 4 is 82.3 Å². The quantitative estimate of drug-likeness (QED) is 0.128. The van der Waals surface area contributed by atoms with E-state index < -0.39 is 18.1 Å². The molecule has 0 bridgehead atoms. The van der Waals surface area contributed by atoms with Crippen LogP contribution in [0, 0.1) is 0 Å². The van der Waals surface area contributed by atoms with Crippen LogP contribution in [0.4, 0.5) is 0 Å². The van der Waals surface area contributed by atoms with Crippen LogP contribution < -0.4 is 18.9 Å². The predicted molar refractivity (Wildman–Crippen MR) is 194 cm³/mol. The van der Waals surface area contributed by atoms with E-state index in [4.69, 9.17) is 40.3 Å². The first kappa shape index (κ1) is 35.8. The number of hydrogen-bond acceptors (Lipinski definition) is 10. The minimum atomic E-state index is -3.84. The molecule has 0 aliphatic heterocycles. The zero-order chi connectivity index (χ0) is 34.6. The summed E-state index contributed by atoms with van der Waals surface area (Å²) >= 11 is 2.87. The van der Waals surface area contributed by atoms with Crippen molar-refractivity contribution in [2.24, 2.45) is 0 Å². The molecule has 0 aliphatic rings. The van der Waals surface area contributed by atoms with E-state index >= 15 is 0 Å². The second kappa shape index (κ2) is 14.9. The van der Waals surface area contributed by atoms with Crippen molar-refractivity contribution in [3.8, 4) is 23.0 Å². The maximum atomic E-state index is 12.1. The van der Waals surface area contributed by atoms with Crippen molar-refractivity contribution in [1.82, 2.24) is 0 Å². The number of thiophene rings is 2. The molecule has 14 heteroatoms. The maximum absolute atomic E-state index is 12.1. The third kappa shape index (κ3) is 7.85. The van der Waals surface area contributed by atoms with Gasteiger partial charge < -0.3 is 18.9 Å². The van der Waals surface area contributed by atoms with Gasteiger partial charge in [0.05, 0.1) is 28.4 Å². The van der Waals surface area contributed by atoms with Gasteiger partial charge in [-0.05, 0) is 47.5 Å². The Morgan fingerprint density at radius 2 is 0.875 bits per heavy atom. The maximum Gasteiger partial charge on any atom is 0.263 e. The molecule has 0 unspecified atom stereocenters. The van der Waals surface area contributed by atoms with E-state index in [-0.39, 0.29) is 9.79 Å². The Hall–Kier alpha value is -3.52. The number of halogens is 2. The van der Waals surface area contributed by atoms with Crippen LogP contribution in [0.2, 0.25) is 0 Å². The van der Waals surface area contributed by atoms with Crippen molar-refractivity contribution in [2.45, 2.75) is 22.6 Å². The first-order valence-electron chi connectivity index (χ1n) is 14.2. The van der Waals surface area contributed by atoms with E-state index in [0.29, 0.717) is 56.4 Å². The Morgan fingerprint density at radius 1 is 0.521 bits per heavy atom. The van der Waals surface area contributed by atoms with Crippen LogP contribution in [-0.2, 0) is 30.9 Å². The zero-order valence-electron chi connectivity index (χ0n) is 26.2. The molecule has 0 saturated carbocycles. The number of fused-ring (bicyclic) bond motifs is 2. The van der Waals surface area contributed by atoms with Crippen molar-refractivity contribution in [3.05, 3.63) is 106 Å². The fourth-order valence-electron chi connectivity index (χ4n) is 5.26. The van der Waals surface area contributed by atoms with Crippen molar-refractivity contribution < 1.29 is 35.8 Å². The molecule has 0 atom stereocenters. The number of methoxy groups -OCH3 is 4. The van der Waals surface area contributed by atoms with Gasteiger partial charge in [0.1, 0.15) is 9.79 Å². The summed E-state index contributed by atoms with van der Waals surface area (Å²) in [5.74, 6) is 2.46. The normalized spacial score (nSPS) is 11.6. The van der Waals surface area contributed by atoms with E-state index in [1.807, 2.05) is 48.5 Å². The lowest BCUT2D eigenvalue weighted by molar-refractivity contribution is 0.354. The molecule has 6 aromatic rings. The van der Waals surface area contributed by atoms with Crippen LogP contribution in [0.25, 0.3) is 20.2 Å². The monoisotopic (exact) mass is 764 g/mol. The predicted octanol–water partition coefficient (Wildman–Crippen LogP) is 8.87. The second-order valence-corrected chi connectivity index (χ2v) is 17.6. The highest BCUT2D eigenvalue weighted by Gasteiger charge is 2.24. The molecule has 0 aliphatic carbocycles. The summed E-state index contributed by atoms with van der Waals surface area (Å²) < 4.78 is 71.1. The van der Waals surface area contributed by atoms with E-state index in [9.17, 15) is 16.8 Å². The molecule has 6 rings (SSSR count). The highest BCUT2D eigenvalue weighted by atomic mass is 35.7. The average Bonchev–Trinajstić information content (AvgIpc) is 3.62. The SMILES string of the molecule is COc1ccc(Cc2sc3ccccc3c2S(=O)(=O)Cl)cc1OC.COc1ccc(Cc2sc3ccccc3c2S(=O)(=O)Cl)cc1OC. The fraction of sp³-hybridized carbons (Fsp3) is 0.176. The molecule has 0 amide bonds. The summed E-state index contributed by atoms with van der Waals surface area (Å²) in [6.45, 7) is 0. The van der Waals surface area contributed by atoms with Gasteiger partial charge in [0.15, 0.2) is 23.0 Å². The number of hydrogen-bond donors (Lipinski definition) is 0. The Balaban J connectivity index is 0.000000188. The molecular weight excluding hydrogens is 736 g/mol.